The monoisotopic (exact) mass is 244 g/mol. The van der Waals surface area contributed by atoms with Crippen LogP contribution in [-0.4, -0.2) is 26.3 Å². The fraction of sp³-hybridized carbons (Fsp3) is 0.300. The molecule has 0 bridgehead atoms. The average Bonchev–Trinajstić information content (AvgIpc) is 2.73. The smallest absolute Gasteiger partial charge is 0.256 e. The van der Waals surface area contributed by atoms with Crippen LogP contribution in [0.15, 0.2) is 6.07 Å². The third-order valence-electron chi connectivity index (χ3n) is 2.19. The normalized spacial score (nSPS) is 12.4. The van der Waals surface area contributed by atoms with Gasteiger partial charge in [0.2, 0.25) is 18.3 Å². The van der Waals surface area contributed by atoms with Gasteiger partial charge in [0, 0.05) is 6.07 Å². The van der Waals surface area contributed by atoms with E-state index in [0.717, 1.165) is 0 Å². The van der Waals surface area contributed by atoms with Gasteiger partial charge in [-0.3, -0.25) is 4.79 Å². The van der Waals surface area contributed by atoms with E-state index in [4.69, 9.17) is 30.5 Å². The Bertz CT molecular complexity index is 443. The summed E-state index contributed by atoms with van der Waals surface area (Å²) in [6.07, 6.45) is 0. The quantitative estimate of drug-likeness (QED) is 0.759. The topological polar surface area (TPSA) is 54.0 Å². The van der Waals surface area contributed by atoms with Gasteiger partial charge in [-0.05, 0) is 11.6 Å². The zero-order valence-electron chi connectivity index (χ0n) is 8.70. The molecule has 1 aliphatic heterocycles. The number of hydrogen-bond acceptors (Lipinski definition) is 5. The Hall–Kier alpha value is -1.62. The molecule has 0 atom stereocenters. The Labute approximate surface area is 96.8 Å². The lowest BCUT2D eigenvalue weighted by molar-refractivity contribution is 0.107. The van der Waals surface area contributed by atoms with Crippen molar-refractivity contribution < 1.29 is 23.7 Å². The van der Waals surface area contributed by atoms with E-state index in [9.17, 15) is 4.79 Å². The van der Waals surface area contributed by atoms with Gasteiger partial charge in [0.25, 0.3) is 5.24 Å². The Morgan fingerprint density at radius 2 is 2.00 bits per heavy atom. The molecule has 86 valence electrons. The van der Waals surface area contributed by atoms with Crippen LogP contribution in [0.1, 0.15) is 10.4 Å². The Morgan fingerprint density at radius 3 is 2.56 bits per heavy atom. The highest BCUT2D eigenvalue weighted by Crippen LogP contribution is 2.49. The van der Waals surface area contributed by atoms with Crippen LogP contribution in [0.25, 0.3) is 0 Å². The van der Waals surface area contributed by atoms with E-state index < -0.39 is 5.24 Å². The van der Waals surface area contributed by atoms with E-state index in [-0.39, 0.29) is 18.1 Å². The van der Waals surface area contributed by atoms with E-state index in [2.05, 4.69) is 0 Å². The summed E-state index contributed by atoms with van der Waals surface area (Å²) in [5.41, 5.74) is 0.185. The number of hydrogen-bond donors (Lipinski definition) is 0. The van der Waals surface area contributed by atoms with Crippen LogP contribution in [0, 0.1) is 0 Å². The summed E-state index contributed by atoms with van der Waals surface area (Å²) >= 11 is 5.45. The molecule has 5 nitrogen and oxygen atoms in total. The molecule has 1 aliphatic rings. The van der Waals surface area contributed by atoms with Crippen LogP contribution in [0.3, 0.4) is 0 Å². The van der Waals surface area contributed by atoms with Gasteiger partial charge in [0.05, 0.1) is 19.8 Å². The standard InChI is InChI=1S/C10H9ClO5/c1-13-7-5(10(11)12)3-6-8(9(7)14-2)16-4-15-6/h3H,4H2,1-2H3. The molecular weight excluding hydrogens is 236 g/mol. The van der Waals surface area contributed by atoms with Crippen molar-refractivity contribution in [3.8, 4) is 23.0 Å². The lowest BCUT2D eigenvalue weighted by atomic mass is 10.1. The van der Waals surface area contributed by atoms with Gasteiger partial charge >= 0.3 is 0 Å². The van der Waals surface area contributed by atoms with Crippen molar-refractivity contribution in [2.24, 2.45) is 0 Å². The van der Waals surface area contributed by atoms with E-state index in [0.29, 0.717) is 17.2 Å². The summed E-state index contributed by atoms with van der Waals surface area (Å²) in [6.45, 7) is 0.0782. The van der Waals surface area contributed by atoms with Gasteiger partial charge < -0.3 is 18.9 Å². The molecule has 0 radical (unpaired) electrons. The molecule has 1 heterocycles. The molecule has 2 rings (SSSR count). The minimum atomic E-state index is -0.645. The lowest BCUT2D eigenvalue weighted by Gasteiger charge is -2.12. The highest BCUT2D eigenvalue weighted by atomic mass is 35.5. The van der Waals surface area contributed by atoms with Crippen molar-refractivity contribution in [3.63, 3.8) is 0 Å². The van der Waals surface area contributed by atoms with E-state index in [1.54, 1.807) is 0 Å². The van der Waals surface area contributed by atoms with E-state index in [1.807, 2.05) is 0 Å². The maximum absolute atomic E-state index is 11.2. The fourth-order valence-corrected chi connectivity index (χ4v) is 1.67. The van der Waals surface area contributed by atoms with Crippen LogP contribution in [-0.2, 0) is 0 Å². The second kappa shape index (κ2) is 4.09. The van der Waals surface area contributed by atoms with Crippen LogP contribution >= 0.6 is 11.6 Å². The zero-order valence-corrected chi connectivity index (χ0v) is 9.46. The summed E-state index contributed by atoms with van der Waals surface area (Å²) in [7, 11) is 2.87. The number of halogens is 1. The fourth-order valence-electron chi connectivity index (χ4n) is 1.53. The molecule has 1 aromatic carbocycles. The number of rotatable bonds is 3. The largest absolute Gasteiger partial charge is 0.492 e. The minimum Gasteiger partial charge on any atom is -0.492 e. The summed E-state index contributed by atoms with van der Waals surface area (Å²) < 4.78 is 20.6. The number of benzene rings is 1. The van der Waals surface area contributed by atoms with Crippen molar-refractivity contribution >= 4 is 16.8 Å². The summed E-state index contributed by atoms with van der Waals surface area (Å²) in [5, 5.41) is -0.645. The van der Waals surface area contributed by atoms with Gasteiger partial charge in [0.15, 0.2) is 11.5 Å². The summed E-state index contributed by atoms with van der Waals surface area (Å²) in [6, 6.07) is 1.47. The SMILES string of the molecule is COc1c(C(=O)Cl)cc2c(c1OC)OCO2. The number of carbonyl (C=O) groups excluding carboxylic acids is 1. The molecule has 1 aromatic rings. The molecule has 0 spiro atoms. The van der Waals surface area contributed by atoms with Gasteiger partial charge in [-0.25, -0.2) is 0 Å². The first-order valence-electron chi connectivity index (χ1n) is 4.43. The van der Waals surface area contributed by atoms with Gasteiger partial charge in [-0.15, -0.1) is 0 Å². The van der Waals surface area contributed by atoms with E-state index >= 15 is 0 Å². The summed E-state index contributed by atoms with van der Waals surface area (Å²) in [4.78, 5) is 11.2. The van der Waals surface area contributed by atoms with Gasteiger partial charge in [-0.2, -0.15) is 0 Å². The Balaban J connectivity index is 2.68. The van der Waals surface area contributed by atoms with Gasteiger partial charge in [0.1, 0.15) is 0 Å². The Morgan fingerprint density at radius 1 is 1.31 bits per heavy atom. The highest BCUT2D eigenvalue weighted by Gasteiger charge is 2.28. The predicted octanol–water partition coefficient (Wildman–Crippen LogP) is 1.81. The second-order valence-electron chi connectivity index (χ2n) is 3.00. The molecule has 0 fully saturated rings. The molecular formula is C10H9ClO5. The molecule has 0 aromatic heterocycles. The summed E-state index contributed by atoms with van der Waals surface area (Å²) in [5.74, 6) is 1.39. The van der Waals surface area contributed by atoms with Crippen LogP contribution in [0.2, 0.25) is 0 Å². The second-order valence-corrected chi connectivity index (χ2v) is 3.34. The maximum Gasteiger partial charge on any atom is 0.256 e. The lowest BCUT2D eigenvalue weighted by Crippen LogP contribution is -1.99. The predicted molar refractivity (Wildman–Crippen MR) is 55.9 cm³/mol. The number of carbonyl (C=O) groups is 1. The molecule has 6 heteroatoms. The van der Waals surface area contributed by atoms with Crippen molar-refractivity contribution in [1.29, 1.82) is 0 Å². The van der Waals surface area contributed by atoms with Crippen LogP contribution < -0.4 is 18.9 Å². The molecule has 16 heavy (non-hydrogen) atoms. The number of fused-ring (bicyclic) bond motifs is 1. The Kier molecular flexibility index (Phi) is 2.78. The third kappa shape index (κ3) is 1.53. The zero-order chi connectivity index (χ0) is 11.7. The maximum atomic E-state index is 11.2. The molecule has 0 saturated heterocycles. The van der Waals surface area contributed by atoms with Crippen molar-refractivity contribution in [2.45, 2.75) is 0 Å². The highest BCUT2D eigenvalue weighted by molar-refractivity contribution is 6.68. The third-order valence-corrected chi connectivity index (χ3v) is 2.40. The van der Waals surface area contributed by atoms with Crippen molar-refractivity contribution in [3.05, 3.63) is 11.6 Å². The van der Waals surface area contributed by atoms with Crippen molar-refractivity contribution in [1.82, 2.24) is 0 Å². The molecule has 0 aliphatic carbocycles. The van der Waals surface area contributed by atoms with E-state index in [1.165, 1.54) is 20.3 Å². The molecule has 0 amide bonds. The first-order valence-corrected chi connectivity index (χ1v) is 4.81. The molecule has 0 saturated carbocycles. The first-order chi connectivity index (χ1) is 7.69. The minimum absolute atomic E-state index is 0.0782. The van der Waals surface area contributed by atoms with Crippen LogP contribution in [0.4, 0.5) is 0 Å². The van der Waals surface area contributed by atoms with Gasteiger partial charge in [-0.1, -0.05) is 0 Å². The number of methoxy groups -OCH3 is 2. The average molecular weight is 245 g/mol. The number of ether oxygens (including phenoxy) is 4. The van der Waals surface area contributed by atoms with Crippen LogP contribution in [0.5, 0.6) is 23.0 Å². The molecule has 0 unspecified atom stereocenters. The molecule has 0 N–H and O–H groups in total. The van der Waals surface area contributed by atoms with Crippen molar-refractivity contribution in [2.75, 3.05) is 21.0 Å². The first kappa shape index (κ1) is 10.9.